The Labute approximate surface area is 108 Å². The van der Waals surface area contributed by atoms with Crippen LogP contribution in [0.1, 0.15) is 50.1 Å². The summed E-state index contributed by atoms with van der Waals surface area (Å²) < 4.78 is 11.6. The number of rotatable bonds is 2. The molecule has 1 aromatic rings. The second-order valence-electron chi connectivity index (χ2n) is 5.35. The van der Waals surface area contributed by atoms with E-state index in [2.05, 4.69) is 0 Å². The van der Waals surface area contributed by atoms with Gasteiger partial charge in [-0.3, -0.25) is 0 Å². The zero-order valence-corrected chi connectivity index (χ0v) is 10.7. The van der Waals surface area contributed by atoms with Gasteiger partial charge in [-0.05, 0) is 37.8 Å². The zero-order chi connectivity index (χ0) is 12.4. The number of fused-ring (bicyclic) bond motifs is 1. The molecule has 3 nitrogen and oxygen atoms in total. The average molecular weight is 247 g/mol. The van der Waals surface area contributed by atoms with Crippen LogP contribution in [0.15, 0.2) is 18.2 Å². The summed E-state index contributed by atoms with van der Waals surface area (Å²) in [6.45, 7) is 0.586. The van der Waals surface area contributed by atoms with Crippen LogP contribution in [0.4, 0.5) is 0 Å². The van der Waals surface area contributed by atoms with Gasteiger partial charge < -0.3 is 15.2 Å². The summed E-state index contributed by atoms with van der Waals surface area (Å²) in [4.78, 5) is 0. The Kier molecular flexibility index (Phi) is 3.41. The van der Waals surface area contributed by atoms with E-state index < -0.39 is 0 Å². The summed E-state index contributed by atoms with van der Waals surface area (Å²) in [5.41, 5.74) is 7.04. The Balaban J connectivity index is 1.69. The highest BCUT2D eigenvalue weighted by molar-refractivity contribution is 5.44. The molecule has 18 heavy (non-hydrogen) atoms. The van der Waals surface area contributed by atoms with E-state index in [-0.39, 0.29) is 6.04 Å². The van der Waals surface area contributed by atoms with Gasteiger partial charge in [0.25, 0.3) is 0 Å². The smallest absolute Gasteiger partial charge is 0.127 e. The number of hydrogen-bond donors (Lipinski definition) is 1. The third-order valence-corrected chi connectivity index (χ3v) is 3.91. The molecule has 3 rings (SSSR count). The van der Waals surface area contributed by atoms with Crippen LogP contribution in [0.25, 0.3) is 0 Å². The molecule has 0 bridgehead atoms. The Morgan fingerprint density at radius 1 is 1.11 bits per heavy atom. The lowest BCUT2D eigenvalue weighted by molar-refractivity contribution is 0.183. The predicted octanol–water partition coefficient (Wildman–Crippen LogP) is 3.18. The topological polar surface area (TPSA) is 44.5 Å². The van der Waals surface area contributed by atoms with Gasteiger partial charge in [-0.2, -0.15) is 0 Å². The molecule has 0 spiro atoms. The van der Waals surface area contributed by atoms with E-state index in [4.69, 9.17) is 15.2 Å². The molecule has 1 atom stereocenters. The first-order chi connectivity index (χ1) is 8.83. The maximum atomic E-state index is 6.07. The van der Waals surface area contributed by atoms with Gasteiger partial charge >= 0.3 is 0 Å². The Hall–Kier alpha value is -1.22. The number of nitrogens with two attached hydrogens (primary N) is 1. The molecule has 3 heteroatoms. The normalized spacial score (nSPS) is 24.2. The highest BCUT2D eigenvalue weighted by atomic mass is 16.5. The minimum atomic E-state index is 0.0203. The van der Waals surface area contributed by atoms with Gasteiger partial charge in [-0.15, -0.1) is 0 Å². The second kappa shape index (κ2) is 5.19. The van der Waals surface area contributed by atoms with E-state index in [9.17, 15) is 0 Å². The molecule has 2 aliphatic rings. The average Bonchev–Trinajstić information content (AvgIpc) is 2.60. The van der Waals surface area contributed by atoms with Crippen LogP contribution in [0.3, 0.4) is 0 Å². The van der Waals surface area contributed by atoms with Crippen molar-refractivity contribution in [1.82, 2.24) is 0 Å². The van der Waals surface area contributed by atoms with Gasteiger partial charge in [-0.1, -0.05) is 12.8 Å². The largest absolute Gasteiger partial charge is 0.491 e. The van der Waals surface area contributed by atoms with Crippen LogP contribution in [-0.4, -0.2) is 12.7 Å². The summed E-state index contributed by atoms with van der Waals surface area (Å²) >= 11 is 0. The minimum absolute atomic E-state index is 0.0203. The second-order valence-corrected chi connectivity index (χ2v) is 5.35. The fourth-order valence-corrected chi connectivity index (χ4v) is 2.84. The molecule has 1 heterocycles. The van der Waals surface area contributed by atoms with E-state index in [0.717, 1.165) is 17.1 Å². The summed E-state index contributed by atoms with van der Waals surface area (Å²) in [5.74, 6) is 1.82. The fraction of sp³-hybridized carbons (Fsp3) is 0.600. The third-order valence-electron chi connectivity index (χ3n) is 3.91. The molecule has 1 aliphatic carbocycles. The molecule has 0 radical (unpaired) electrons. The SMILES string of the molecule is NC1COc2cc(OC3CCCCCC3)ccc21. The van der Waals surface area contributed by atoms with Gasteiger partial charge in [-0.25, -0.2) is 0 Å². The molecule has 1 aromatic carbocycles. The molecule has 1 fully saturated rings. The molecule has 2 N–H and O–H groups in total. The number of benzene rings is 1. The van der Waals surface area contributed by atoms with E-state index in [1.54, 1.807) is 0 Å². The van der Waals surface area contributed by atoms with Gasteiger partial charge in [0.1, 0.15) is 18.1 Å². The van der Waals surface area contributed by atoms with Crippen LogP contribution >= 0.6 is 0 Å². The Morgan fingerprint density at radius 3 is 2.67 bits per heavy atom. The first-order valence-corrected chi connectivity index (χ1v) is 7.02. The lowest BCUT2D eigenvalue weighted by atomic mass is 10.1. The van der Waals surface area contributed by atoms with Crippen molar-refractivity contribution in [1.29, 1.82) is 0 Å². The van der Waals surface area contributed by atoms with Crippen molar-refractivity contribution in [2.75, 3.05) is 6.61 Å². The standard InChI is InChI=1S/C15H21NO2/c16-14-10-17-15-9-12(7-8-13(14)15)18-11-5-3-1-2-4-6-11/h7-9,11,14H,1-6,10,16H2. The first-order valence-electron chi connectivity index (χ1n) is 7.02. The highest BCUT2D eigenvalue weighted by Crippen LogP contribution is 2.35. The monoisotopic (exact) mass is 247 g/mol. The molecular weight excluding hydrogens is 226 g/mol. The number of ether oxygens (including phenoxy) is 2. The van der Waals surface area contributed by atoms with Crippen LogP contribution < -0.4 is 15.2 Å². The Bertz CT molecular complexity index is 411. The van der Waals surface area contributed by atoms with Crippen molar-refractivity contribution >= 4 is 0 Å². The Morgan fingerprint density at radius 2 is 1.89 bits per heavy atom. The summed E-state index contributed by atoms with van der Waals surface area (Å²) in [6.07, 6.45) is 8.01. The van der Waals surface area contributed by atoms with Crippen molar-refractivity contribution in [2.45, 2.75) is 50.7 Å². The van der Waals surface area contributed by atoms with E-state index in [0.29, 0.717) is 12.7 Å². The van der Waals surface area contributed by atoms with Crippen molar-refractivity contribution < 1.29 is 9.47 Å². The maximum Gasteiger partial charge on any atom is 0.127 e. The van der Waals surface area contributed by atoms with Crippen molar-refractivity contribution in [2.24, 2.45) is 5.73 Å². The zero-order valence-electron chi connectivity index (χ0n) is 10.7. The van der Waals surface area contributed by atoms with E-state index >= 15 is 0 Å². The van der Waals surface area contributed by atoms with Gasteiger partial charge in [0, 0.05) is 11.6 Å². The summed E-state index contributed by atoms with van der Waals surface area (Å²) in [6, 6.07) is 6.08. The minimum Gasteiger partial charge on any atom is -0.491 e. The molecule has 0 amide bonds. The highest BCUT2D eigenvalue weighted by Gasteiger charge is 2.21. The van der Waals surface area contributed by atoms with Gasteiger partial charge in [0.2, 0.25) is 0 Å². The molecular formula is C15H21NO2. The van der Waals surface area contributed by atoms with Crippen molar-refractivity contribution in [3.63, 3.8) is 0 Å². The molecule has 1 saturated carbocycles. The predicted molar refractivity (Wildman–Crippen MR) is 71.0 cm³/mol. The number of hydrogen-bond acceptors (Lipinski definition) is 3. The molecule has 98 valence electrons. The first kappa shape index (κ1) is 11.8. The fourth-order valence-electron chi connectivity index (χ4n) is 2.84. The van der Waals surface area contributed by atoms with Crippen LogP contribution in [0.2, 0.25) is 0 Å². The van der Waals surface area contributed by atoms with Gasteiger partial charge in [0.15, 0.2) is 0 Å². The molecule has 1 unspecified atom stereocenters. The van der Waals surface area contributed by atoms with E-state index in [1.807, 2.05) is 18.2 Å². The molecule has 0 aromatic heterocycles. The molecule has 0 saturated heterocycles. The maximum absolute atomic E-state index is 6.07. The quantitative estimate of drug-likeness (QED) is 0.816. The lowest BCUT2D eigenvalue weighted by Crippen LogP contribution is -2.15. The summed E-state index contributed by atoms with van der Waals surface area (Å²) in [5, 5.41) is 0. The lowest BCUT2D eigenvalue weighted by Gasteiger charge is -2.17. The van der Waals surface area contributed by atoms with Crippen LogP contribution in [-0.2, 0) is 0 Å². The van der Waals surface area contributed by atoms with Gasteiger partial charge in [0.05, 0.1) is 12.1 Å². The van der Waals surface area contributed by atoms with Crippen LogP contribution in [0, 0.1) is 0 Å². The van der Waals surface area contributed by atoms with E-state index in [1.165, 1.54) is 38.5 Å². The third kappa shape index (κ3) is 2.46. The summed E-state index contributed by atoms with van der Waals surface area (Å²) in [7, 11) is 0. The van der Waals surface area contributed by atoms with Crippen molar-refractivity contribution in [3.05, 3.63) is 23.8 Å². The van der Waals surface area contributed by atoms with Crippen LogP contribution in [0.5, 0.6) is 11.5 Å². The molecule has 1 aliphatic heterocycles. The van der Waals surface area contributed by atoms with Crippen molar-refractivity contribution in [3.8, 4) is 11.5 Å².